The maximum Gasteiger partial charge on any atom is 0.416 e. The second kappa shape index (κ2) is 8.00. The number of sulfonamides is 1. The second-order valence-electron chi connectivity index (χ2n) is 4.68. The van der Waals surface area contributed by atoms with Crippen molar-refractivity contribution in [1.82, 2.24) is 9.71 Å². The van der Waals surface area contributed by atoms with Gasteiger partial charge in [-0.15, -0.1) is 0 Å². The number of benzene rings is 1. The summed E-state index contributed by atoms with van der Waals surface area (Å²) in [7, 11) is -3.93. The highest BCUT2D eigenvalue weighted by Crippen LogP contribution is 2.29. The molecule has 1 heterocycles. The van der Waals surface area contributed by atoms with Gasteiger partial charge >= 0.3 is 6.18 Å². The highest BCUT2D eigenvalue weighted by Gasteiger charge is 2.30. The summed E-state index contributed by atoms with van der Waals surface area (Å²) in [4.78, 5) is 3.58. The first-order valence-electron chi connectivity index (χ1n) is 6.94. The third kappa shape index (κ3) is 5.77. The fourth-order valence-electron chi connectivity index (χ4n) is 1.70. The minimum absolute atomic E-state index is 0.0493. The molecular formula is C16H13F3N2O3S. The third-order valence-electron chi connectivity index (χ3n) is 2.91. The van der Waals surface area contributed by atoms with Gasteiger partial charge in [-0.2, -0.15) is 17.9 Å². The van der Waals surface area contributed by atoms with Crippen LogP contribution in [-0.2, 0) is 16.2 Å². The van der Waals surface area contributed by atoms with E-state index < -0.39 is 21.8 Å². The Morgan fingerprint density at radius 2 is 1.84 bits per heavy atom. The zero-order valence-electron chi connectivity index (χ0n) is 12.7. The minimum Gasteiger partial charge on any atom is -0.479 e. The fourth-order valence-corrected chi connectivity index (χ4v) is 2.63. The molecule has 0 aliphatic heterocycles. The molecule has 0 saturated carbocycles. The van der Waals surface area contributed by atoms with Crippen molar-refractivity contribution < 1.29 is 26.3 Å². The summed E-state index contributed by atoms with van der Waals surface area (Å²) in [5.41, 5.74) is -0.918. The van der Waals surface area contributed by atoms with Crippen LogP contribution < -0.4 is 9.46 Å². The highest BCUT2D eigenvalue weighted by atomic mass is 32.2. The van der Waals surface area contributed by atoms with E-state index in [4.69, 9.17) is 4.74 Å². The van der Waals surface area contributed by atoms with E-state index in [0.717, 1.165) is 12.1 Å². The zero-order valence-corrected chi connectivity index (χ0v) is 13.6. The smallest absolute Gasteiger partial charge is 0.416 e. The van der Waals surface area contributed by atoms with Crippen LogP contribution >= 0.6 is 0 Å². The summed E-state index contributed by atoms with van der Waals surface area (Å²) in [6.45, 7) is -0.145. The molecule has 132 valence electrons. The molecule has 1 N–H and O–H groups in total. The average Bonchev–Trinajstić information content (AvgIpc) is 2.58. The van der Waals surface area contributed by atoms with Gasteiger partial charge in [0.2, 0.25) is 10.0 Å². The first-order chi connectivity index (χ1) is 11.8. The van der Waals surface area contributed by atoms with Crippen LogP contribution in [0.2, 0.25) is 0 Å². The number of rotatable bonds is 5. The lowest BCUT2D eigenvalue weighted by Gasteiger charge is -2.08. The number of ether oxygens (including phenoxy) is 1. The monoisotopic (exact) mass is 370 g/mol. The summed E-state index contributed by atoms with van der Waals surface area (Å²) in [6, 6.07) is 6.60. The Morgan fingerprint density at radius 3 is 2.44 bits per heavy atom. The van der Waals surface area contributed by atoms with Crippen molar-refractivity contribution in [3.63, 3.8) is 0 Å². The number of hydrogen-bond acceptors (Lipinski definition) is 4. The maximum absolute atomic E-state index is 12.5. The number of aromatic nitrogens is 1. The second-order valence-corrected chi connectivity index (χ2v) is 6.44. The van der Waals surface area contributed by atoms with E-state index >= 15 is 0 Å². The molecule has 1 aromatic carbocycles. The van der Waals surface area contributed by atoms with Crippen LogP contribution in [0.15, 0.2) is 53.7 Å². The molecular weight excluding hydrogens is 357 g/mol. The van der Waals surface area contributed by atoms with Gasteiger partial charge in [-0.1, -0.05) is 11.8 Å². The van der Waals surface area contributed by atoms with E-state index in [2.05, 4.69) is 21.5 Å². The van der Waals surface area contributed by atoms with E-state index in [1.54, 1.807) is 18.3 Å². The topological polar surface area (TPSA) is 68.3 Å². The Balaban J connectivity index is 1.86. The predicted octanol–water partition coefficient (Wildman–Crippen LogP) is 2.46. The van der Waals surface area contributed by atoms with E-state index in [1.165, 1.54) is 6.20 Å². The van der Waals surface area contributed by atoms with E-state index in [1.807, 2.05) is 0 Å². The Morgan fingerprint density at radius 1 is 1.12 bits per heavy atom. The van der Waals surface area contributed by atoms with Crippen LogP contribution in [0.5, 0.6) is 5.75 Å². The largest absolute Gasteiger partial charge is 0.479 e. The minimum atomic E-state index is -4.52. The average molecular weight is 370 g/mol. The lowest BCUT2D eigenvalue weighted by atomic mass is 10.2. The molecule has 5 nitrogen and oxygen atoms in total. The first kappa shape index (κ1) is 18.8. The van der Waals surface area contributed by atoms with Gasteiger partial charge in [0.1, 0.15) is 12.4 Å². The van der Waals surface area contributed by atoms with E-state index in [9.17, 15) is 21.6 Å². The van der Waals surface area contributed by atoms with Gasteiger partial charge in [0, 0.05) is 6.20 Å². The number of halogens is 3. The van der Waals surface area contributed by atoms with Crippen LogP contribution in [0, 0.1) is 11.8 Å². The molecule has 1 aromatic heterocycles. The molecule has 2 aromatic rings. The van der Waals surface area contributed by atoms with Crippen LogP contribution in [0.25, 0.3) is 0 Å². The molecule has 0 bridgehead atoms. The van der Waals surface area contributed by atoms with Gasteiger partial charge in [-0.05, 0) is 36.4 Å². The van der Waals surface area contributed by atoms with Gasteiger partial charge in [0.15, 0.2) is 0 Å². The molecule has 9 heteroatoms. The van der Waals surface area contributed by atoms with Gasteiger partial charge < -0.3 is 4.74 Å². The zero-order chi connectivity index (χ0) is 18.3. The standard InChI is InChI=1S/C16H13F3N2O3S/c17-16(18,19)13-5-7-15(8-6-13)25(22,23)21-10-1-2-11-24-14-4-3-9-20-12-14/h3-9,12,21H,10-11H2. The molecule has 25 heavy (non-hydrogen) atoms. The number of nitrogens with one attached hydrogen (secondary N) is 1. The first-order valence-corrected chi connectivity index (χ1v) is 8.43. The van der Waals surface area contributed by atoms with Crippen LogP contribution in [-0.4, -0.2) is 26.6 Å². The summed E-state index contributed by atoms with van der Waals surface area (Å²) >= 11 is 0. The molecule has 0 radical (unpaired) electrons. The van der Waals surface area contributed by atoms with E-state index in [-0.39, 0.29) is 18.0 Å². The van der Waals surface area contributed by atoms with Gasteiger partial charge in [0.05, 0.1) is 23.2 Å². The lowest BCUT2D eigenvalue weighted by molar-refractivity contribution is -0.137. The van der Waals surface area contributed by atoms with E-state index in [0.29, 0.717) is 17.9 Å². The Bertz CT molecular complexity index is 855. The molecule has 0 amide bonds. The number of alkyl halides is 3. The van der Waals surface area contributed by atoms with Crippen molar-refractivity contribution in [2.24, 2.45) is 0 Å². The quantitative estimate of drug-likeness (QED) is 0.821. The third-order valence-corrected chi connectivity index (χ3v) is 4.33. The van der Waals surface area contributed by atoms with Crippen molar-refractivity contribution in [3.05, 3.63) is 54.4 Å². The van der Waals surface area contributed by atoms with Crippen molar-refractivity contribution in [2.75, 3.05) is 13.2 Å². The van der Waals surface area contributed by atoms with Crippen molar-refractivity contribution in [2.45, 2.75) is 11.1 Å². The molecule has 0 spiro atoms. The van der Waals surface area contributed by atoms with Crippen LogP contribution in [0.4, 0.5) is 13.2 Å². The summed E-state index contributed by atoms with van der Waals surface area (Å²) in [6.07, 6.45) is -1.42. The van der Waals surface area contributed by atoms with Gasteiger partial charge in [-0.25, -0.2) is 8.42 Å². The van der Waals surface area contributed by atoms with Gasteiger partial charge in [-0.3, -0.25) is 4.98 Å². The normalized spacial score (nSPS) is 11.5. The number of pyridine rings is 1. The molecule has 0 saturated heterocycles. The summed E-state index contributed by atoms with van der Waals surface area (Å²) in [5, 5.41) is 0. The lowest BCUT2D eigenvalue weighted by Crippen LogP contribution is -2.24. The SMILES string of the molecule is O=S(=O)(NCC#CCOc1cccnc1)c1ccc(C(F)(F)F)cc1. The van der Waals surface area contributed by atoms with Crippen LogP contribution in [0.3, 0.4) is 0 Å². The molecule has 0 aliphatic carbocycles. The molecule has 2 rings (SSSR count). The van der Waals surface area contributed by atoms with Crippen molar-refractivity contribution in [3.8, 4) is 17.6 Å². The fraction of sp³-hybridized carbons (Fsp3) is 0.188. The van der Waals surface area contributed by atoms with Crippen LogP contribution in [0.1, 0.15) is 5.56 Å². The summed E-state index contributed by atoms with van der Waals surface area (Å²) in [5.74, 6) is 5.69. The number of nitrogens with zero attached hydrogens (tertiary/aromatic N) is 1. The highest BCUT2D eigenvalue weighted by molar-refractivity contribution is 7.89. The van der Waals surface area contributed by atoms with Crippen molar-refractivity contribution >= 4 is 10.0 Å². The van der Waals surface area contributed by atoms with Crippen molar-refractivity contribution in [1.29, 1.82) is 0 Å². The number of hydrogen-bond donors (Lipinski definition) is 1. The molecule has 0 aliphatic rings. The summed E-state index contributed by atoms with van der Waals surface area (Å²) < 4.78 is 68.7. The Kier molecular flexibility index (Phi) is 6.01. The molecule has 0 unspecified atom stereocenters. The van der Waals surface area contributed by atoms with Gasteiger partial charge in [0.25, 0.3) is 0 Å². The predicted molar refractivity (Wildman–Crippen MR) is 84.1 cm³/mol. The molecule has 0 fully saturated rings. The maximum atomic E-state index is 12.5. The molecule has 0 atom stereocenters. The Labute approximate surface area is 142 Å². The Hall–Kier alpha value is -2.57.